The van der Waals surface area contributed by atoms with E-state index in [0.717, 1.165) is 33.4 Å². The SMILES string of the molecule is COCCOCCOc1cc(C)cc2c(OCCOCCOC)cc(C)cc12. The first-order chi connectivity index (χ1) is 13.7. The summed E-state index contributed by atoms with van der Waals surface area (Å²) in [6.45, 7) is 8.43. The van der Waals surface area contributed by atoms with Gasteiger partial charge in [-0.3, -0.25) is 0 Å². The Balaban J connectivity index is 2.04. The minimum absolute atomic E-state index is 0.486. The molecule has 2 aromatic carbocycles. The van der Waals surface area contributed by atoms with Crippen LogP contribution in [0, 0.1) is 13.8 Å². The van der Waals surface area contributed by atoms with Crippen LogP contribution in [0.2, 0.25) is 0 Å². The second-order valence-electron chi connectivity index (χ2n) is 6.53. The average Bonchev–Trinajstić information content (AvgIpc) is 2.67. The van der Waals surface area contributed by atoms with Crippen LogP contribution in [0.3, 0.4) is 0 Å². The molecule has 0 heterocycles. The monoisotopic (exact) mass is 392 g/mol. The van der Waals surface area contributed by atoms with E-state index in [4.69, 9.17) is 28.4 Å². The summed E-state index contributed by atoms with van der Waals surface area (Å²) >= 11 is 0. The van der Waals surface area contributed by atoms with E-state index in [2.05, 4.69) is 38.1 Å². The van der Waals surface area contributed by atoms with Crippen LogP contribution in [-0.2, 0) is 18.9 Å². The van der Waals surface area contributed by atoms with Crippen molar-refractivity contribution in [1.82, 2.24) is 0 Å². The van der Waals surface area contributed by atoms with Crippen molar-refractivity contribution in [3.05, 3.63) is 35.4 Å². The minimum atomic E-state index is 0.486. The molecule has 0 amide bonds. The molecule has 2 aromatic rings. The number of fused-ring (bicyclic) bond motifs is 1. The topological polar surface area (TPSA) is 55.4 Å². The lowest BCUT2D eigenvalue weighted by molar-refractivity contribution is 0.0544. The number of benzene rings is 2. The third-order valence-electron chi connectivity index (χ3n) is 4.12. The third-order valence-corrected chi connectivity index (χ3v) is 4.12. The number of ether oxygens (including phenoxy) is 6. The number of hydrogen-bond acceptors (Lipinski definition) is 6. The van der Waals surface area contributed by atoms with E-state index in [-0.39, 0.29) is 0 Å². The molecule has 0 radical (unpaired) electrons. The Morgan fingerprint density at radius 1 is 0.536 bits per heavy atom. The van der Waals surface area contributed by atoms with Gasteiger partial charge in [-0.15, -0.1) is 0 Å². The molecular weight excluding hydrogens is 360 g/mol. The highest BCUT2D eigenvalue weighted by molar-refractivity contribution is 5.94. The van der Waals surface area contributed by atoms with Crippen molar-refractivity contribution in [3.8, 4) is 11.5 Å². The van der Waals surface area contributed by atoms with Gasteiger partial charge in [0.05, 0.1) is 39.6 Å². The van der Waals surface area contributed by atoms with E-state index in [9.17, 15) is 0 Å². The van der Waals surface area contributed by atoms with Gasteiger partial charge in [-0.05, 0) is 49.2 Å². The predicted octanol–water partition coefficient (Wildman–Crippen LogP) is 3.54. The van der Waals surface area contributed by atoms with Crippen molar-refractivity contribution in [2.45, 2.75) is 13.8 Å². The second-order valence-corrected chi connectivity index (χ2v) is 6.53. The van der Waals surface area contributed by atoms with Crippen LogP contribution in [0.25, 0.3) is 10.8 Å². The quantitative estimate of drug-likeness (QED) is 0.459. The van der Waals surface area contributed by atoms with Crippen molar-refractivity contribution in [2.75, 3.05) is 67.1 Å². The van der Waals surface area contributed by atoms with Crippen LogP contribution in [0.1, 0.15) is 11.1 Å². The molecule has 0 bridgehead atoms. The molecule has 0 unspecified atom stereocenters. The molecule has 6 nitrogen and oxygen atoms in total. The highest BCUT2D eigenvalue weighted by Crippen LogP contribution is 2.35. The molecule has 0 spiro atoms. The summed E-state index contributed by atoms with van der Waals surface area (Å²) in [4.78, 5) is 0. The molecule has 0 aliphatic rings. The Kier molecular flexibility index (Phi) is 10.1. The van der Waals surface area contributed by atoms with Gasteiger partial charge >= 0.3 is 0 Å². The first kappa shape index (κ1) is 22.4. The zero-order chi connectivity index (χ0) is 20.2. The molecule has 0 fully saturated rings. The Labute approximate surface area is 167 Å². The number of methoxy groups -OCH3 is 2. The third kappa shape index (κ3) is 7.28. The summed E-state index contributed by atoms with van der Waals surface area (Å²) in [7, 11) is 3.32. The van der Waals surface area contributed by atoms with Gasteiger partial charge in [-0.2, -0.15) is 0 Å². The summed E-state index contributed by atoms with van der Waals surface area (Å²) in [5.41, 5.74) is 2.24. The van der Waals surface area contributed by atoms with E-state index in [1.54, 1.807) is 14.2 Å². The summed E-state index contributed by atoms with van der Waals surface area (Å²) in [6, 6.07) is 8.35. The Morgan fingerprint density at radius 3 is 1.32 bits per heavy atom. The van der Waals surface area contributed by atoms with Crippen molar-refractivity contribution in [3.63, 3.8) is 0 Å². The van der Waals surface area contributed by atoms with Crippen LogP contribution in [-0.4, -0.2) is 67.1 Å². The molecule has 0 aromatic heterocycles. The zero-order valence-corrected chi connectivity index (χ0v) is 17.4. The fourth-order valence-corrected chi connectivity index (χ4v) is 2.82. The summed E-state index contributed by atoms with van der Waals surface area (Å²) < 4.78 is 32.9. The molecule has 0 saturated heterocycles. The highest BCUT2D eigenvalue weighted by Gasteiger charge is 2.10. The van der Waals surface area contributed by atoms with E-state index in [1.807, 2.05) is 0 Å². The molecule has 0 N–H and O–H groups in total. The Morgan fingerprint density at radius 2 is 0.929 bits per heavy atom. The Bertz CT molecular complexity index is 654. The van der Waals surface area contributed by atoms with E-state index in [0.29, 0.717) is 52.9 Å². The lowest BCUT2D eigenvalue weighted by Gasteiger charge is -2.15. The van der Waals surface area contributed by atoms with E-state index < -0.39 is 0 Å². The summed E-state index contributed by atoms with van der Waals surface area (Å²) in [5.74, 6) is 1.69. The van der Waals surface area contributed by atoms with Gasteiger partial charge in [-0.25, -0.2) is 0 Å². The predicted molar refractivity (Wildman–Crippen MR) is 110 cm³/mol. The van der Waals surface area contributed by atoms with Crippen molar-refractivity contribution in [2.24, 2.45) is 0 Å². The largest absolute Gasteiger partial charge is 0.491 e. The molecule has 156 valence electrons. The maximum Gasteiger partial charge on any atom is 0.127 e. The lowest BCUT2D eigenvalue weighted by atomic mass is 10.0. The molecule has 0 atom stereocenters. The van der Waals surface area contributed by atoms with Crippen LogP contribution in [0.15, 0.2) is 24.3 Å². The zero-order valence-electron chi connectivity index (χ0n) is 17.4. The molecular formula is C22H32O6. The van der Waals surface area contributed by atoms with E-state index >= 15 is 0 Å². The van der Waals surface area contributed by atoms with Crippen molar-refractivity contribution in [1.29, 1.82) is 0 Å². The maximum absolute atomic E-state index is 6.00. The molecule has 6 heteroatoms. The van der Waals surface area contributed by atoms with E-state index in [1.165, 1.54) is 0 Å². The summed E-state index contributed by atoms with van der Waals surface area (Å²) in [6.07, 6.45) is 0. The van der Waals surface area contributed by atoms with Gasteiger partial charge in [0.2, 0.25) is 0 Å². The highest BCUT2D eigenvalue weighted by atomic mass is 16.5. The lowest BCUT2D eigenvalue weighted by Crippen LogP contribution is -2.11. The smallest absolute Gasteiger partial charge is 0.127 e. The molecule has 0 aliphatic heterocycles. The van der Waals surface area contributed by atoms with Gasteiger partial charge in [0.25, 0.3) is 0 Å². The van der Waals surface area contributed by atoms with Crippen LogP contribution >= 0.6 is 0 Å². The first-order valence-electron chi connectivity index (χ1n) is 9.59. The first-order valence-corrected chi connectivity index (χ1v) is 9.59. The molecule has 0 aliphatic carbocycles. The number of hydrogen-bond donors (Lipinski definition) is 0. The van der Waals surface area contributed by atoms with Crippen LogP contribution < -0.4 is 9.47 Å². The van der Waals surface area contributed by atoms with Gasteiger partial charge in [0, 0.05) is 25.0 Å². The molecule has 28 heavy (non-hydrogen) atoms. The average molecular weight is 392 g/mol. The maximum atomic E-state index is 6.00. The fraction of sp³-hybridized carbons (Fsp3) is 0.545. The van der Waals surface area contributed by atoms with Crippen LogP contribution in [0.4, 0.5) is 0 Å². The van der Waals surface area contributed by atoms with Crippen molar-refractivity contribution >= 4 is 10.8 Å². The van der Waals surface area contributed by atoms with Gasteiger partial charge in [0.15, 0.2) is 0 Å². The standard InChI is InChI=1S/C22H32O6/c1-17-13-19-20(21(15-17)27-11-9-25-7-5-23-3)14-18(2)16-22(19)28-12-10-26-8-6-24-4/h13-16H,5-12H2,1-4H3. The van der Waals surface area contributed by atoms with Gasteiger partial charge in [-0.1, -0.05) is 0 Å². The molecule has 0 saturated carbocycles. The number of rotatable bonds is 14. The second kappa shape index (κ2) is 12.6. The number of aryl methyl sites for hydroxylation is 2. The van der Waals surface area contributed by atoms with Crippen molar-refractivity contribution < 1.29 is 28.4 Å². The molecule has 2 rings (SSSR count). The fourth-order valence-electron chi connectivity index (χ4n) is 2.82. The van der Waals surface area contributed by atoms with Crippen LogP contribution in [0.5, 0.6) is 11.5 Å². The Hall–Kier alpha value is -1.86. The van der Waals surface area contributed by atoms with Gasteiger partial charge < -0.3 is 28.4 Å². The normalized spacial score (nSPS) is 11.1. The minimum Gasteiger partial charge on any atom is -0.491 e. The van der Waals surface area contributed by atoms with Gasteiger partial charge in [0.1, 0.15) is 24.7 Å². The summed E-state index contributed by atoms with van der Waals surface area (Å²) in [5, 5.41) is 2.08.